The van der Waals surface area contributed by atoms with Gasteiger partial charge in [0, 0.05) is 32.6 Å². The Labute approximate surface area is 88.2 Å². The standard InChI is InChI=1S/C11H13N3O/c1-9(15)10-4-3-6-14(10)8-11-12-5-7-13(11)2/h3-7H,8H2,1-2H3. The van der Waals surface area contributed by atoms with Crippen LogP contribution in [0.4, 0.5) is 0 Å². The molecule has 0 spiro atoms. The summed E-state index contributed by atoms with van der Waals surface area (Å²) in [7, 11) is 1.94. The lowest BCUT2D eigenvalue weighted by atomic mass is 10.3. The lowest BCUT2D eigenvalue weighted by molar-refractivity contribution is 0.100. The summed E-state index contributed by atoms with van der Waals surface area (Å²) in [6.07, 6.45) is 5.55. The molecule has 0 N–H and O–H groups in total. The molecule has 78 valence electrons. The monoisotopic (exact) mass is 203 g/mol. The minimum Gasteiger partial charge on any atom is -0.338 e. The first-order chi connectivity index (χ1) is 7.18. The fraction of sp³-hybridized carbons (Fsp3) is 0.273. The van der Waals surface area contributed by atoms with Crippen LogP contribution in [-0.4, -0.2) is 19.9 Å². The zero-order valence-corrected chi connectivity index (χ0v) is 8.84. The quantitative estimate of drug-likeness (QED) is 0.709. The van der Waals surface area contributed by atoms with Crippen LogP contribution in [0.15, 0.2) is 30.7 Å². The highest BCUT2D eigenvalue weighted by Crippen LogP contribution is 2.06. The van der Waals surface area contributed by atoms with Gasteiger partial charge in [0.25, 0.3) is 0 Å². The highest BCUT2D eigenvalue weighted by molar-refractivity contribution is 5.92. The molecule has 0 bridgehead atoms. The fourth-order valence-corrected chi connectivity index (χ4v) is 1.57. The maximum absolute atomic E-state index is 11.3. The number of imidazole rings is 1. The molecular weight excluding hydrogens is 190 g/mol. The molecular formula is C11H13N3O. The van der Waals surface area contributed by atoms with E-state index in [-0.39, 0.29) is 5.78 Å². The van der Waals surface area contributed by atoms with E-state index >= 15 is 0 Å². The number of aryl methyl sites for hydroxylation is 1. The second-order valence-electron chi connectivity index (χ2n) is 3.53. The highest BCUT2D eigenvalue weighted by Gasteiger charge is 2.07. The van der Waals surface area contributed by atoms with E-state index in [1.165, 1.54) is 0 Å². The van der Waals surface area contributed by atoms with Gasteiger partial charge in [-0.25, -0.2) is 4.98 Å². The number of carbonyl (C=O) groups is 1. The molecule has 4 heteroatoms. The molecule has 2 aromatic rings. The normalized spacial score (nSPS) is 10.5. The van der Waals surface area contributed by atoms with Crippen LogP contribution in [0.2, 0.25) is 0 Å². The first-order valence-electron chi connectivity index (χ1n) is 4.81. The molecule has 0 aromatic carbocycles. The van der Waals surface area contributed by atoms with Crippen molar-refractivity contribution in [1.82, 2.24) is 14.1 Å². The van der Waals surface area contributed by atoms with Gasteiger partial charge in [0.05, 0.1) is 12.2 Å². The number of ketones is 1. The van der Waals surface area contributed by atoms with Crippen LogP contribution in [-0.2, 0) is 13.6 Å². The van der Waals surface area contributed by atoms with Gasteiger partial charge < -0.3 is 9.13 Å². The molecule has 15 heavy (non-hydrogen) atoms. The van der Waals surface area contributed by atoms with Crippen molar-refractivity contribution in [3.8, 4) is 0 Å². The Morgan fingerprint density at radius 3 is 2.87 bits per heavy atom. The Kier molecular flexibility index (Phi) is 2.41. The van der Waals surface area contributed by atoms with Crippen LogP contribution in [0, 0.1) is 0 Å². The van der Waals surface area contributed by atoms with Crippen molar-refractivity contribution in [3.63, 3.8) is 0 Å². The number of nitrogens with zero attached hydrogens (tertiary/aromatic N) is 3. The van der Waals surface area contributed by atoms with Crippen LogP contribution in [0.5, 0.6) is 0 Å². The lowest BCUT2D eigenvalue weighted by Crippen LogP contribution is -2.10. The largest absolute Gasteiger partial charge is 0.338 e. The van der Waals surface area contributed by atoms with Gasteiger partial charge in [0.1, 0.15) is 5.82 Å². The van der Waals surface area contributed by atoms with Crippen molar-refractivity contribution < 1.29 is 4.79 Å². The Morgan fingerprint density at radius 1 is 1.47 bits per heavy atom. The Balaban J connectivity index is 2.28. The maximum atomic E-state index is 11.3. The Hall–Kier alpha value is -1.84. The molecule has 0 atom stereocenters. The summed E-state index contributed by atoms with van der Waals surface area (Å²) in [6.45, 7) is 2.20. The molecule has 2 aromatic heterocycles. The van der Waals surface area contributed by atoms with E-state index < -0.39 is 0 Å². The average Bonchev–Trinajstić information content (AvgIpc) is 2.77. The minimum absolute atomic E-state index is 0.0780. The zero-order chi connectivity index (χ0) is 10.8. The van der Waals surface area contributed by atoms with Crippen LogP contribution in [0.3, 0.4) is 0 Å². The Bertz CT molecular complexity index is 481. The van der Waals surface area contributed by atoms with Gasteiger partial charge in [0.15, 0.2) is 5.78 Å². The molecule has 0 aliphatic rings. The summed E-state index contributed by atoms with van der Waals surface area (Å²) in [5, 5.41) is 0. The molecule has 2 rings (SSSR count). The molecule has 0 amide bonds. The molecule has 0 fully saturated rings. The van der Waals surface area contributed by atoms with Crippen molar-refractivity contribution in [2.75, 3.05) is 0 Å². The number of rotatable bonds is 3. The molecule has 0 unspecified atom stereocenters. The van der Waals surface area contributed by atoms with Gasteiger partial charge in [-0.3, -0.25) is 4.79 Å². The summed E-state index contributed by atoms with van der Waals surface area (Å²) in [5.41, 5.74) is 0.720. The van der Waals surface area contributed by atoms with E-state index in [4.69, 9.17) is 0 Å². The molecule has 4 nitrogen and oxygen atoms in total. The highest BCUT2D eigenvalue weighted by atomic mass is 16.1. The summed E-state index contributed by atoms with van der Waals surface area (Å²) in [6, 6.07) is 3.70. The van der Waals surface area contributed by atoms with Gasteiger partial charge in [-0.1, -0.05) is 0 Å². The number of aromatic nitrogens is 3. The van der Waals surface area contributed by atoms with Crippen LogP contribution < -0.4 is 0 Å². The maximum Gasteiger partial charge on any atom is 0.176 e. The third-order valence-electron chi connectivity index (χ3n) is 2.42. The van der Waals surface area contributed by atoms with Gasteiger partial charge >= 0.3 is 0 Å². The first kappa shape index (κ1) is 9.71. The van der Waals surface area contributed by atoms with Crippen molar-refractivity contribution >= 4 is 5.78 Å². The fourth-order valence-electron chi connectivity index (χ4n) is 1.57. The molecule has 0 aliphatic heterocycles. The summed E-state index contributed by atoms with van der Waals surface area (Å²) < 4.78 is 3.86. The van der Waals surface area contributed by atoms with E-state index in [0.717, 1.165) is 11.5 Å². The molecule has 0 saturated carbocycles. The third-order valence-corrected chi connectivity index (χ3v) is 2.42. The average molecular weight is 203 g/mol. The summed E-state index contributed by atoms with van der Waals surface area (Å²) in [4.78, 5) is 15.5. The number of hydrogen-bond acceptors (Lipinski definition) is 2. The minimum atomic E-state index is 0.0780. The van der Waals surface area contributed by atoms with Gasteiger partial charge in [0.2, 0.25) is 0 Å². The number of hydrogen-bond donors (Lipinski definition) is 0. The van der Waals surface area contributed by atoms with Gasteiger partial charge in [-0.05, 0) is 12.1 Å². The molecule has 0 saturated heterocycles. The van der Waals surface area contributed by atoms with Gasteiger partial charge in [-0.2, -0.15) is 0 Å². The second kappa shape index (κ2) is 3.73. The van der Waals surface area contributed by atoms with E-state index in [1.54, 1.807) is 13.1 Å². The van der Waals surface area contributed by atoms with Crippen LogP contribution >= 0.6 is 0 Å². The predicted octanol–water partition coefficient (Wildman–Crippen LogP) is 1.47. The topological polar surface area (TPSA) is 39.8 Å². The third kappa shape index (κ3) is 1.83. The molecule has 0 radical (unpaired) electrons. The summed E-state index contributed by atoms with van der Waals surface area (Å²) >= 11 is 0. The van der Waals surface area contributed by atoms with Crippen molar-refractivity contribution in [2.24, 2.45) is 7.05 Å². The lowest BCUT2D eigenvalue weighted by Gasteiger charge is -2.06. The van der Waals surface area contributed by atoms with Crippen molar-refractivity contribution in [2.45, 2.75) is 13.5 Å². The van der Waals surface area contributed by atoms with Crippen molar-refractivity contribution in [3.05, 3.63) is 42.2 Å². The number of carbonyl (C=O) groups excluding carboxylic acids is 1. The zero-order valence-electron chi connectivity index (χ0n) is 8.84. The first-order valence-corrected chi connectivity index (χ1v) is 4.81. The van der Waals surface area contributed by atoms with E-state index in [9.17, 15) is 4.79 Å². The smallest absolute Gasteiger partial charge is 0.176 e. The van der Waals surface area contributed by atoms with Gasteiger partial charge in [-0.15, -0.1) is 0 Å². The predicted molar refractivity (Wildman–Crippen MR) is 56.7 cm³/mol. The number of Topliss-reactive ketones (excluding diaryl/α,β-unsaturated/α-hetero) is 1. The molecule has 2 heterocycles. The second-order valence-corrected chi connectivity index (χ2v) is 3.53. The van der Waals surface area contributed by atoms with E-state index in [2.05, 4.69) is 4.98 Å². The van der Waals surface area contributed by atoms with Crippen LogP contribution in [0.1, 0.15) is 23.2 Å². The molecule has 0 aliphatic carbocycles. The Morgan fingerprint density at radius 2 is 2.27 bits per heavy atom. The SMILES string of the molecule is CC(=O)c1cccn1Cc1nccn1C. The van der Waals surface area contributed by atoms with Crippen molar-refractivity contribution in [1.29, 1.82) is 0 Å². The van der Waals surface area contributed by atoms with E-state index in [1.807, 2.05) is 40.7 Å². The van der Waals surface area contributed by atoms with Crippen LogP contribution in [0.25, 0.3) is 0 Å². The summed E-state index contributed by atoms with van der Waals surface area (Å²) in [5.74, 6) is 1.02. The van der Waals surface area contributed by atoms with E-state index in [0.29, 0.717) is 6.54 Å².